The van der Waals surface area contributed by atoms with Gasteiger partial charge in [-0.15, -0.1) is 0 Å². The first-order valence-electron chi connectivity index (χ1n) is 10.1. The molecule has 0 aliphatic rings. The minimum absolute atomic E-state index is 0.0286. The summed E-state index contributed by atoms with van der Waals surface area (Å²) in [6.45, 7) is 13.5. The maximum absolute atomic E-state index is 13.1. The van der Waals surface area contributed by atoms with E-state index in [1.165, 1.54) is 11.8 Å². The normalized spacial score (nSPS) is 16.2. The molecule has 0 spiro atoms. The highest BCUT2D eigenvalue weighted by molar-refractivity contribution is 5.93. The van der Waals surface area contributed by atoms with Crippen molar-refractivity contribution in [1.29, 1.82) is 0 Å². The first kappa shape index (κ1) is 25.6. The van der Waals surface area contributed by atoms with Gasteiger partial charge in [0, 0.05) is 7.05 Å². The van der Waals surface area contributed by atoms with Crippen molar-refractivity contribution in [3.8, 4) is 0 Å². The van der Waals surface area contributed by atoms with Gasteiger partial charge < -0.3 is 10.2 Å². The number of carbonyl (C=O) groups excluding carboxylic acids is 3. The molecule has 0 rings (SSSR count). The first-order valence-corrected chi connectivity index (χ1v) is 10.1. The first-order chi connectivity index (χ1) is 12.3. The van der Waals surface area contributed by atoms with E-state index >= 15 is 0 Å². The number of nitrogens with zero attached hydrogens (tertiary/aromatic N) is 2. The van der Waals surface area contributed by atoms with E-state index in [0.29, 0.717) is 12.3 Å². The molecule has 4 atom stereocenters. The second kappa shape index (κ2) is 11.4. The van der Waals surface area contributed by atoms with Gasteiger partial charge in [-0.05, 0) is 45.2 Å². The van der Waals surface area contributed by atoms with Crippen LogP contribution in [0.2, 0.25) is 0 Å². The lowest BCUT2D eigenvalue weighted by molar-refractivity contribution is -0.143. The average Bonchev–Trinajstić information content (AvgIpc) is 2.55. The van der Waals surface area contributed by atoms with Crippen LogP contribution in [0.4, 0.5) is 0 Å². The predicted octanol–water partition coefficient (Wildman–Crippen LogP) is 2.57. The molecule has 0 aromatic rings. The molecule has 1 unspecified atom stereocenters. The van der Waals surface area contributed by atoms with Crippen molar-refractivity contribution in [3.63, 3.8) is 0 Å². The van der Waals surface area contributed by atoms with Gasteiger partial charge in [0.15, 0.2) is 5.78 Å². The van der Waals surface area contributed by atoms with Gasteiger partial charge in [0.2, 0.25) is 11.8 Å². The number of carbonyl (C=O) groups is 3. The number of hydrogen-bond donors (Lipinski definition) is 1. The third-order valence-corrected chi connectivity index (χ3v) is 5.22. The lowest BCUT2D eigenvalue weighted by atomic mass is 9.94. The largest absolute Gasteiger partial charge is 0.343 e. The molecule has 0 heterocycles. The number of amides is 2. The second-order valence-electron chi connectivity index (χ2n) is 8.73. The van der Waals surface area contributed by atoms with Crippen molar-refractivity contribution in [1.82, 2.24) is 15.1 Å². The van der Waals surface area contributed by atoms with Gasteiger partial charge in [-0.25, -0.2) is 0 Å². The van der Waals surface area contributed by atoms with Crippen LogP contribution < -0.4 is 5.32 Å². The van der Waals surface area contributed by atoms with Crippen LogP contribution >= 0.6 is 0 Å². The quantitative estimate of drug-likeness (QED) is 0.595. The van der Waals surface area contributed by atoms with Crippen LogP contribution in [0.1, 0.15) is 61.3 Å². The topological polar surface area (TPSA) is 69.7 Å². The van der Waals surface area contributed by atoms with Crippen molar-refractivity contribution in [2.45, 2.75) is 79.4 Å². The van der Waals surface area contributed by atoms with Crippen LogP contribution in [0.5, 0.6) is 0 Å². The fourth-order valence-corrected chi connectivity index (χ4v) is 3.39. The molecule has 6 heteroatoms. The Kier molecular flexibility index (Phi) is 10.8. The molecule has 0 aliphatic carbocycles. The molecule has 27 heavy (non-hydrogen) atoms. The summed E-state index contributed by atoms with van der Waals surface area (Å²) in [7, 11) is 5.42. The van der Waals surface area contributed by atoms with E-state index in [4.69, 9.17) is 0 Å². The van der Waals surface area contributed by atoms with E-state index in [1.807, 2.05) is 53.6 Å². The van der Waals surface area contributed by atoms with Crippen molar-refractivity contribution >= 4 is 17.6 Å². The summed E-state index contributed by atoms with van der Waals surface area (Å²) in [4.78, 5) is 41.5. The smallest absolute Gasteiger partial charge is 0.245 e. The Labute approximate surface area is 166 Å². The van der Waals surface area contributed by atoms with Crippen molar-refractivity contribution < 1.29 is 14.4 Å². The fourth-order valence-electron chi connectivity index (χ4n) is 3.39. The van der Waals surface area contributed by atoms with Gasteiger partial charge in [0.1, 0.15) is 6.04 Å². The molecule has 0 aromatic carbocycles. The van der Waals surface area contributed by atoms with E-state index < -0.39 is 12.1 Å². The summed E-state index contributed by atoms with van der Waals surface area (Å²) < 4.78 is 0. The summed E-state index contributed by atoms with van der Waals surface area (Å²) in [6.07, 6.45) is 1.49. The maximum Gasteiger partial charge on any atom is 0.245 e. The van der Waals surface area contributed by atoms with Crippen LogP contribution in [0.25, 0.3) is 0 Å². The van der Waals surface area contributed by atoms with E-state index in [9.17, 15) is 14.4 Å². The van der Waals surface area contributed by atoms with E-state index in [1.54, 1.807) is 7.05 Å². The summed E-state index contributed by atoms with van der Waals surface area (Å²) in [5, 5.41) is 2.96. The van der Waals surface area contributed by atoms with Crippen molar-refractivity contribution in [3.05, 3.63) is 0 Å². The van der Waals surface area contributed by atoms with Crippen LogP contribution in [0.15, 0.2) is 0 Å². The Balaban J connectivity index is 5.49. The Morgan fingerprint density at radius 1 is 0.963 bits per heavy atom. The lowest BCUT2D eigenvalue weighted by Crippen LogP contribution is -2.58. The number of ketones is 1. The summed E-state index contributed by atoms with van der Waals surface area (Å²) in [5.41, 5.74) is 0. The molecule has 6 nitrogen and oxygen atoms in total. The molecular formula is C21H41N3O3. The van der Waals surface area contributed by atoms with E-state index in [0.717, 1.165) is 6.42 Å². The van der Waals surface area contributed by atoms with E-state index in [2.05, 4.69) is 12.2 Å². The van der Waals surface area contributed by atoms with Crippen molar-refractivity contribution in [2.24, 2.45) is 17.8 Å². The maximum atomic E-state index is 13.1. The molecule has 1 N–H and O–H groups in total. The third-order valence-electron chi connectivity index (χ3n) is 5.22. The summed E-state index contributed by atoms with van der Waals surface area (Å²) in [5.74, 6) is 0.0182. The van der Waals surface area contributed by atoms with Crippen LogP contribution in [0, 0.1) is 17.8 Å². The number of likely N-dealkylation sites (N-methyl/N-ethyl adjacent to an activating group) is 2. The van der Waals surface area contributed by atoms with Crippen LogP contribution in [0.3, 0.4) is 0 Å². The number of Topliss-reactive ketones (excluding diaryl/α,β-unsaturated/α-hetero) is 1. The lowest BCUT2D eigenvalue weighted by Gasteiger charge is -2.35. The molecule has 158 valence electrons. The molecule has 0 aliphatic heterocycles. The van der Waals surface area contributed by atoms with Gasteiger partial charge in [-0.3, -0.25) is 19.3 Å². The molecule has 2 amide bonds. The van der Waals surface area contributed by atoms with Crippen LogP contribution in [-0.2, 0) is 14.4 Å². The molecule has 0 aromatic heterocycles. The third kappa shape index (κ3) is 7.60. The Morgan fingerprint density at radius 2 is 1.48 bits per heavy atom. The van der Waals surface area contributed by atoms with Gasteiger partial charge in [0.05, 0.1) is 12.1 Å². The molecule has 0 radical (unpaired) electrons. The van der Waals surface area contributed by atoms with Crippen LogP contribution in [-0.4, -0.2) is 66.7 Å². The van der Waals surface area contributed by atoms with Gasteiger partial charge in [-0.1, -0.05) is 48.0 Å². The number of rotatable bonds is 11. The molecule has 0 bridgehead atoms. The molecular weight excluding hydrogens is 342 g/mol. The van der Waals surface area contributed by atoms with Gasteiger partial charge >= 0.3 is 0 Å². The number of hydrogen-bond acceptors (Lipinski definition) is 4. The molecule has 0 fully saturated rings. The zero-order chi connectivity index (χ0) is 21.5. The van der Waals surface area contributed by atoms with E-state index in [-0.39, 0.29) is 35.5 Å². The zero-order valence-electron chi connectivity index (χ0n) is 19.0. The molecule has 0 saturated heterocycles. The number of nitrogens with one attached hydrogen (secondary N) is 1. The highest BCUT2D eigenvalue weighted by Crippen LogP contribution is 2.17. The second-order valence-corrected chi connectivity index (χ2v) is 8.73. The SMILES string of the molecule is CC[C@H](C)C(C(=O)N[C@H](C(=O)N(C)[C@@H](CC(C)C)C(C)=O)C(C)C)N(C)C. The average molecular weight is 384 g/mol. The summed E-state index contributed by atoms with van der Waals surface area (Å²) >= 11 is 0. The minimum Gasteiger partial charge on any atom is -0.343 e. The van der Waals surface area contributed by atoms with Gasteiger partial charge in [0.25, 0.3) is 0 Å². The van der Waals surface area contributed by atoms with Crippen molar-refractivity contribution in [2.75, 3.05) is 21.1 Å². The summed E-state index contributed by atoms with van der Waals surface area (Å²) in [6, 6.07) is -1.41. The standard InChI is InChI=1S/C21H41N3O3/c1-11-15(6)19(23(8)9)20(26)22-18(14(4)5)21(27)24(10)17(16(7)25)12-13(2)3/h13-15,17-19H,11-12H2,1-10H3,(H,22,26)/t15-,17-,18-,19?/m0/s1. The fraction of sp³-hybridized carbons (Fsp3) is 0.857. The Hall–Kier alpha value is -1.43. The minimum atomic E-state index is -0.650. The Morgan fingerprint density at radius 3 is 1.81 bits per heavy atom. The monoisotopic (exact) mass is 383 g/mol. The molecule has 0 saturated carbocycles. The van der Waals surface area contributed by atoms with Gasteiger partial charge in [-0.2, -0.15) is 0 Å². The predicted molar refractivity (Wildman–Crippen MR) is 110 cm³/mol. The Bertz CT molecular complexity index is 503. The zero-order valence-corrected chi connectivity index (χ0v) is 19.0. The highest BCUT2D eigenvalue weighted by Gasteiger charge is 2.35. The highest BCUT2D eigenvalue weighted by atomic mass is 16.2.